The van der Waals surface area contributed by atoms with Crippen molar-refractivity contribution in [2.75, 3.05) is 0 Å². The van der Waals surface area contributed by atoms with E-state index in [0.717, 1.165) is 12.1 Å². The Labute approximate surface area is 260 Å². The molecule has 2 aliphatic rings. The summed E-state index contributed by atoms with van der Waals surface area (Å²) in [5.41, 5.74) is -14.1. The third-order valence-corrected chi connectivity index (χ3v) is 7.33. The summed E-state index contributed by atoms with van der Waals surface area (Å²) in [7, 11) is 0. The van der Waals surface area contributed by atoms with Crippen molar-refractivity contribution in [3.8, 4) is 36.4 Å². The Morgan fingerprint density at radius 2 is 0.625 bits per heavy atom. The van der Waals surface area contributed by atoms with Crippen molar-refractivity contribution in [3.05, 3.63) is 115 Å². The molecule has 3 aromatic carbocycles. The molecule has 16 heteroatoms. The first-order valence-corrected chi connectivity index (χ1v) is 12.4. The molecule has 0 aliphatic heterocycles. The Balaban J connectivity index is 2.02. The van der Waals surface area contributed by atoms with E-state index in [9.17, 15) is 57.9 Å². The lowest BCUT2D eigenvalue weighted by Crippen LogP contribution is -2.07. The van der Waals surface area contributed by atoms with Gasteiger partial charge >= 0.3 is 0 Å². The van der Waals surface area contributed by atoms with Gasteiger partial charge in [-0.05, 0) is 23.3 Å². The molecular weight excluding hydrogens is 658 g/mol. The quantitative estimate of drug-likeness (QED) is 0.120. The summed E-state index contributed by atoms with van der Waals surface area (Å²) < 4.78 is 145. The Morgan fingerprint density at radius 3 is 0.854 bits per heavy atom. The van der Waals surface area contributed by atoms with Gasteiger partial charge in [0.05, 0.1) is 22.3 Å². The molecule has 0 heterocycles. The molecule has 6 nitrogen and oxygen atoms in total. The van der Waals surface area contributed by atoms with Gasteiger partial charge in [0.2, 0.25) is 11.6 Å². The minimum absolute atomic E-state index is 0.580. The Kier molecular flexibility index (Phi) is 7.62. The molecule has 0 spiro atoms. The average Bonchev–Trinajstić information content (AvgIpc) is 3.56. The molecule has 0 atom stereocenters. The zero-order chi connectivity index (χ0) is 35.5. The van der Waals surface area contributed by atoms with Crippen LogP contribution in [0.4, 0.5) is 43.9 Å². The van der Waals surface area contributed by atoms with Crippen molar-refractivity contribution in [2.24, 2.45) is 0 Å². The molecule has 0 N–H and O–H groups in total. The third-order valence-electron chi connectivity index (χ3n) is 7.33. The van der Waals surface area contributed by atoms with E-state index < -0.39 is 136 Å². The molecule has 48 heavy (non-hydrogen) atoms. The first-order valence-electron chi connectivity index (χ1n) is 12.4. The largest absolute Gasteiger partial charge is 0.203 e. The van der Waals surface area contributed by atoms with Crippen LogP contribution in [0.15, 0.2) is 23.3 Å². The lowest BCUT2D eigenvalue weighted by molar-refractivity contribution is 0.376. The predicted octanol–water partition coefficient (Wildman–Crippen LogP) is 7.58. The van der Waals surface area contributed by atoms with Crippen LogP contribution in [0.1, 0.15) is 33.4 Å². The number of allylic oxidation sites excluding steroid dienone is 8. The van der Waals surface area contributed by atoms with Crippen LogP contribution < -0.4 is 0 Å². The highest BCUT2D eigenvalue weighted by Crippen LogP contribution is 2.55. The molecule has 0 bridgehead atoms. The maximum absolute atomic E-state index is 15.1. The number of hydrogen-bond acceptors (Lipinski definition) is 6. The van der Waals surface area contributed by atoms with Crippen LogP contribution in [-0.4, -0.2) is 0 Å². The van der Waals surface area contributed by atoms with Gasteiger partial charge in [0, 0.05) is 33.4 Å². The number of rotatable bonds is 2. The van der Waals surface area contributed by atoms with E-state index in [-0.39, 0.29) is 0 Å². The Bertz CT molecular complexity index is 2250. The van der Waals surface area contributed by atoms with Gasteiger partial charge < -0.3 is 0 Å². The van der Waals surface area contributed by atoms with E-state index in [2.05, 4.69) is 0 Å². The van der Waals surface area contributed by atoms with Gasteiger partial charge in [-0.2, -0.15) is 31.6 Å². The molecule has 0 aromatic heterocycles. The fraction of sp³-hybridized carbons (Fsp3) is 0. The van der Waals surface area contributed by atoms with Crippen LogP contribution in [-0.2, 0) is 0 Å². The molecule has 0 saturated carbocycles. The first kappa shape index (κ1) is 32.3. The Morgan fingerprint density at radius 1 is 0.375 bits per heavy atom. The van der Waals surface area contributed by atoms with Gasteiger partial charge in [-0.25, -0.2) is 43.9 Å². The Hall–Kier alpha value is -7.14. The SMILES string of the molecule is N#CC(C#N)=C1C(c2c(F)c(F)c(F)c(F)c2F)=C(C#N)c2cc3c(cc21)C(C#N)=C(c1c(F)c(F)c(F)c(F)c1F)C3=C(C#N)C#N. The third kappa shape index (κ3) is 4.08. The number of hydrogen-bond donors (Lipinski definition) is 0. The summed E-state index contributed by atoms with van der Waals surface area (Å²) >= 11 is 0. The fourth-order valence-electron chi connectivity index (χ4n) is 5.39. The molecular formula is C32H2F10N6. The molecule has 0 amide bonds. The smallest absolute Gasteiger partial charge is 0.200 e. The van der Waals surface area contributed by atoms with Crippen LogP contribution in [0.25, 0.3) is 33.4 Å². The minimum Gasteiger partial charge on any atom is -0.203 e. The van der Waals surface area contributed by atoms with Crippen LogP contribution >= 0.6 is 0 Å². The molecule has 230 valence electrons. The standard InChI is InChI=1S/C32H2F10N6/c33-23-21(24(34)28(38)31(41)27(23)37)19-15(7-47)11-1-13-12(2-14(11)18(19)10(5-45)6-46)16(8-48)20(17(13)9(3-43)4-44)22-25(35)29(39)32(42)30(40)26(22)36/h1-2H. The van der Waals surface area contributed by atoms with Gasteiger partial charge in [0.25, 0.3) is 0 Å². The second-order valence-corrected chi connectivity index (χ2v) is 9.50. The summed E-state index contributed by atoms with van der Waals surface area (Å²) in [6.07, 6.45) is 0. The maximum atomic E-state index is 15.1. The lowest BCUT2D eigenvalue weighted by atomic mass is 9.89. The molecule has 5 rings (SSSR count). The average molecular weight is 660 g/mol. The van der Waals surface area contributed by atoms with Gasteiger partial charge in [-0.3, -0.25) is 0 Å². The molecule has 3 aromatic rings. The van der Waals surface area contributed by atoms with E-state index in [0.29, 0.717) is 0 Å². The highest BCUT2D eigenvalue weighted by Gasteiger charge is 2.42. The van der Waals surface area contributed by atoms with Crippen molar-refractivity contribution < 1.29 is 43.9 Å². The van der Waals surface area contributed by atoms with Gasteiger partial charge in [0.15, 0.2) is 46.5 Å². The topological polar surface area (TPSA) is 143 Å². The number of benzene rings is 3. The second-order valence-electron chi connectivity index (χ2n) is 9.50. The maximum Gasteiger partial charge on any atom is 0.200 e. The van der Waals surface area contributed by atoms with Crippen molar-refractivity contribution in [3.63, 3.8) is 0 Å². The summed E-state index contributed by atoms with van der Waals surface area (Å²) in [5.74, 6) is -25.0. The first-order chi connectivity index (χ1) is 22.8. The number of fused-ring (bicyclic) bond motifs is 2. The van der Waals surface area contributed by atoms with Crippen LogP contribution in [0, 0.1) is 126 Å². The normalized spacial score (nSPS) is 12.8. The van der Waals surface area contributed by atoms with Crippen molar-refractivity contribution in [2.45, 2.75) is 0 Å². The fourth-order valence-corrected chi connectivity index (χ4v) is 5.39. The van der Waals surface area contributed by atoms with E-state index in [1.807, 2.05) is 0 Å². The second kappa shape index (κ2) is 11.3. The van der Waals surface area contributed by atoms with Crippen molar-refractivity contribution >= 4 is 33.4 Å². The summed E-state index contributed by atoms with van der Waals surface area (Å²) in [6.45, 7) is 0. The zero-order valence-corrected chi connectivity index (χ0v) is 22.6. The summed E-state index contributed by atoms with van der Waals surface area (Å²) in [6, 6.07) is 9.76. The highest BCUT2D eigenvalue weighted by molar-refractivity contribution is 6.30. The van der Waals surface area contributed by atoms with Crippen LogP contribution in [0.5, 0.6) is 0 Å². The number of nitrogens with zero attached hydrogens (tertiary/aromatic N) is 6. The lowest BCUT2D eigenvalue weighted by Gasteiger charge is -2.13. The van der Waals surface area contributed by atoms with Crippen LogP contribution in [0.2, 0.25) is 0 Å². The van der Waals surface area contributed by atoms with E-state index in [4.69, 9.17) is 0 Å². The summed E-state index contributed by atoms with van der Waals surface area (Å²) in [4.78, 5) is 0. The summed E-state index contributed by atoms with van der Waals surface area (Å²) in [5, 5.41) is 58.8. The molecule has 0 radical (unpaired) electrons. The van der Waals surface area contributed by atoms with E-state index >= 15 is 17.6 Å². The predicted molar refractivity (Wildman–Crippen MR) is 140 cm³/mol. The van der Waals surface area contributed by atoms with Gasteiger partial charge in [0.1, 0.15) is 47.6 Å². The molecule has 2 aliphatic carbocycles. The van der Waals surface area contributed by atoms with Gasteiger partial charge in [-0.15, -0.1) is 0 Å². The molecule has 0 unspecified atom stereocenters. The number of halogens is 10. The minimum atomic E-state index is -2.59. The molecule has 0 saturated heterocycles. The van der Waals surface area contributed by atoms with E-state index in [1.54, 1.807) is 0 Å². The van der Waals surface area contributed by atoms with Crippen molar-refractivity contribution in [1.82, 2.24) is 0 Å². The monoisotopic (exact) mass is 660 g/mol. The zero-order valence-electron chi connectivity index (χ0n) is 22.6. The number of nitriles is 6. The molecule has 0 fully saturated rings. The highest BCUT2D eigenvalue weighted by atomic mass is 19.2. The van der Waals surface area contributed by atoms with Crippen molar-refractivity contribution in [1.29, 1.82) is 31.6 Å². The van der Waals surface area contributed by atoms with E-state index in [1.165, 1.54) is 36.4 Å². The van der Waals surface area contributed by atoms with Crippen LogP contribution in [0.3, 0.4) is 0 Å². The van der Waals surface area contributed by atoms with Gasteiger partial charge in [-0.1, -0.05) is 0 Å².